The number of hydrogen-bond acceptors (Lipinski definition) is 6. The molecule has 31 heavy (non-hydrogen) atoms. The molecular formula is C21H21N5O4S. The van der Waals surface area contributed by atoms with Gasteiger partial charge in [0.05, 0.1) is 12.6 Å². The number of benzene rings is 1. The molecule has 1 amide bonds. The van der Waals surface area contributed by atoms with E-state index >= 15 is 0 Å². The SMILES string of the molecule is Cn1ccc(C(=O)N2CC3Oc4ncccc4S(=O)(=O)N(Cc4ccccc4)C3C2)n1. The summed E-state index contributed by atoms with van der Waals surface area (Å²) in [6.45, 7) is 0.630. The van der Waals surface area contributed by atoms with Gasteiger partial charge in [0.1, 0.15) is 16.7 Å². The third kappa shape index (κ3) is 3.47. The molecular weight excluding hydrogens is 418 g/mol. The second-order valence-electron chi connectivity index (χ2n) is 7.65. The highest BCUT2D eigenvalue weighted by atomic mass is 32.2. The lowest BCUT2D eigenvalue weighted by Crippen LogP contribution is -2.46. The predicted octanol–water partition coefficient (Wildman–Crippen LogP) is 1.29. The number of ether oxygens (including phenoxy) is 1. The molecule has 0 bridgehead atoms. The van der Waals surface area contributed by atoms with Gasteiger partial charge in [0, 0.05) is 32.5 Å². The highest BCUT2D eigenvalue weighted by Crippen LogP contribution is 2.36. The van der Waals surface area contributed by atoms with Crippen LogP contribution in [0.3, 0.4) is 0 Å². The number of aryl methyl sites for hydroxylation is 1. The molecule has 2 aliphatic heterocycles. The van der Waals surface area contributed by atoms with Crippen LogP contribution in [-0.4, -0.2) is 63.5 Å². The van der Waals surface area contributed by atoms with E-state index in [-0.39, 0.29) is 36.3 Å². The van der Waals surface area contributed by atoms with Gasteiger partial charge in [-0.15, -0.1) is 0 Å². The lowest BCUT2D eigenvalue weighted by atomic mass is 10.1. The summed E-state index contributed by atoms with van der Waals surface area (Å²) in [6, 6.07) is 13.6. The zero-order valence-corrected chi connectivity index (χ0v) is 17.6. The van der Waals surface area contributed by atoms with Gasteiger partial charge in [0.15, 0.2) is 0 Å². The number of carbonyl (C=O) groups is 1. The number of amides is 1. The van der Waals surface area contributed by atoms with Crippen molar-refractivity contribution in [1.29, 1.82) is 0 Å². The van der Waals surface area contributed by atoms with E-state index in [2.05, 4.69) is 10.1 Å². The Hall–Kier alpha value is -3.24. The maximum atomic E-state index is 13.6. The van der Waals surface area contributed by atoms with Gasteiger partial charge in [0.25, 0.3) is 5.91 Å². The molecule has 0 spiro atoms. The van der Waals surface area contributed by atoms with Crippen LogP contribution in [-0.2, 0) is 23.6 Å². The Morgan fingerprint density at radius 3 is 2.68 bits per heavy atom. The number of hydrogen-bond donors (Lipinski definition) is 0. The zero-order chi connectivity index (χ0) is 21.6. The van der Waals surface area contributed by atoms with Crippen molar-refractivity contribution >= 4 is 15.9 Å². The van der Waals surface area contributed by atoms with E-state index in [1.165, 1.54) is 16.6 Å². The second kappa shape index (κ2) is 7.47. The fourth-order valence-corrected chi connectivity index (χ4v) is 5.78. The van der Waals surface area contributed by atoms with Gasteiger partial charge >= 0.3 is 0 Å². The maximum Gasteiger partial charge on any atom is 0.274 e. The summed E-state index contributed by atoms with van der Waals surface area (Å²) in [4.78, 5) is 18.8. The van der Waals surface area contributed by atoms with Crippen molar-refractivity contribution in [3.05, 3.63) is 72.2 Å². The third-order valence-corrected chi connectivity index (χ3v) is 7.48. The van der Waals surface area contributed by atoms with Gasteiger partial charge in [-0.05, 0) is 23.8 Å². The highest BCUT2D eigenvalue weighted by Gasteiger charge is 2.48. The quantitative estimate of drug-likeness (QED) is 0.610. The first-order valence-corrected chi connectivity index (χ1v) is 11.3. The average molecular weight is 439 g/mol. The Morgan fingerprint density at radius 2 is 1.94 bits per heavy atom. The number of nitrogens with zero attached hydrogens (tertiary/aromatic N) is 5. The molecule has 10 heteroatoms. The molecule has 1 saturated heterocycles. The van der Waals surface area contributed by atoms with E-state index in [1.54, 1.807) is 35.0 Å². The summed E-state index contributed by atoms with van der Waals surface area (Å²) in [6.07, 6.45) is 2.66. The molecule has 0 aliphatic carbocycles. The third-order valence-electron chi connectivity index (χ3n) is 5.59. The van der Waals surface area contributed by atoms with Gasteiger partial charge in [-0.25, -0.2) is 13.4 Å². The van der Waals surface area contributed by atoms with E-state index < -0.39 is 22.2 Å². The molecule has 4 heterocycles. The summed E-state index contributed by atoms with van der Waals surface area (Å²) < 4.78 is 36.3. The van der Waals surface area contributed by atoms with E-state index in [0.29, 0.717) is 5.69 Å². The summed E-state index contributed by atoms with van der Waals surface area (Å²) in [5, 5.41) is 4.18. The first-order valence-electron chi connectivity index (χ1n) is 9.90. The molecule has 0 N–H and O–H groups in total. The number of likely N-dealkylation sites (tertiary alicyclic amines) is 1. The Morgan fingerprint density at radius 1 is 1.13 bits per heavy atom. The van der Waals surface area contributed by atoms with Crippen molar-refractivity contribution in [1.82, 2.24) is 24.0 Å². The van der Waals surface area contributed by atoms with E-state index in [0.717, 1.165) is 5.56 Å². The molecule has 0 radical (unpaired) electrons. The molecule has 9 nitrogen and oxygen atoms in total. The van der Waals surface area contributed by atoms with Gasteiger partial charge in [-0.3, -0.25) is 9.48 Å². The minimum Gasteiger partial charge on any atom is -0.470 e. The van der Waals surface area contributed by atoms with E-state index in [9.17, 15) is 13.2 Å². The first kappa shape index (κ1) is 19.7. The summed E-state index contributed by atoms with van der Waals surface area (Å²) in [5.74, 6) is -0.184. The number of carbonyl (C=O) groups excluding carboxylic acids is 1. The fourth-order valence-electron chi connectivity index (χ4n) is 4.08. The van der Waals surface area contributed by atoms with Crippen molar-refractivity contribution < 1.29 is 17.9 Å². The van der Waals surface area contributed by atoms with Crippen LogP contribution in [0.25, 0.3) is 0 Å². The molecule has 3 aromatic rings. The van der Waals surface area contributed by atoms with Crippen LogP contribution in [0, 0.1) is 0 Å². The van der Waals surface area contributed by atoms with Crippen LogP contribution >= 0.6 is 0 Å². The van der Waals surface area contributed by atoms with E-state index in [1.807, 2.05) is 30.3 Å². The van der Waals surface area contributed by atoms with Crippen molar-refractivity contribution in [2.75, 3.05) is 13.1 Å². The monoisotopic (exact) mass is 439 g/mol. The molecule has 0 saturated carbocycles. The van der Waals surface area contributed by atoms with Gasteiger partial charge in [-0.1, -0.05) is 30.3 Å². The maximum absolute atomic E-state index is 13.6. The molecule has 2 atom stereocenters. The van der Waals surface area contributed by atoms with Crippen molar-refractivity contribution in [2.24, 2.45) is 7.05 Å². The van der Waals surface area contributed by atoms with E-state index in [4.69, 9.17) is 4.74 Å². The summed E-state index contributed by atoms with van der Waals surface area (Å²) in [5.41, 5.74) is 1.17. The average Bonchev–Trinajstić information content (AvgIpc) is 3.37. The molecule has 5 rings (SSSR count). The normalized spacial score (nSPS) is 22.3. The lowest BCUT2D eigenvalue weighted by molar-refractivity contribution is 0.0763. The smallest absolute Gasteiger partial charge is 0.274 e. The Bertz CT molecular complexity index is 1230. The Kier molecular flexibility index (Phi) is 4.75. The molecule has 1 fully saturated rings. The van der Waals surface area contributed by atoms with Crippen LogP contribution in [0.1, 0.15) is 16.1 Å². The largest absolute Gasteiger partial charge is 0.470 e. The minimum atomic E-state index is -3.89. The number of sulfonamides is 1. The first-order chi connectivity index (χ1) is 14.9. The van der Waals surface area contributed by atoms with Crippen molar-refractivity contribution in [3.8, 4) is 5.88 Å². The Balaban J connectivity index is 1.53. The molecule has 2 aliphatic rings. The van der Waals surface area contributed by atoms with Gasteiger partial charge in [0.2, 0.25) is 15.9 Å². The standard InChI is InChI=1S/C21H21N5O4S/c1-24-11-9-16(23-24)21(27)25-13-17-18(14-25)30-20-19(8-5-10-22-20)31(28,29)26(17)12-15-6-3-2-4-7-15/h2-11,17-18H,12-14H2,1H3. The van der Waals surface area contributed by atoms with Crippen LogP contribution in [0.15, 0.2) is 65.8 Å². The summed E-state index contributed by atoms with van der Waals surface area (Å²) >= 11 is 0. The molecule has 160 valence electrons. The topological polar surface area (TPSA) is 97.6 Å². The predicted molar refractivity (Wildman–Crippen MR) is 111 cm³/mol. The highest BCUT2D eigenvalue weighted by molar-refractivity contribution is 7.89. The van der Waals surface area contributed by atoms with Gasteiger partial charge < -0.3 is 9.64 Å². The number of pyridine rings is 1. The minimum absolute atomic E-state index is 0.0444. The number of fused-ring (bicyclic) bond motifs is 2. The zero-order valence-electron chi connectivity index (χ0n) is 16.8. The van der Waals surface area contributed by atoms with Crippen molar-refractivity contribution in [2.45, 2.75) is 23.6 Å². The number of aromatic nitrogens is 3. The van der Waals surface area contributed by atoms with Crippen molar-refractivity contribution in [3.63, 3.8) is 0 Å². The van der Waals surface area contributed by atoms with Crippen LogP contribution in [0.5, 0.6) is 5.88 Å². The van der Waals surface area contributed by atoms with Crippen LogP contribution < -0.4 is 4.74 Å². The molecule has 2 unspecified atom stereocenters. The van der Waals surface area contributed by atoms with Gasteiger partial charge in [-0.2, -0.15) is 9.40 Å². The molecule has 2 aromatic heterocycles. The second-order valence-corrected chi connectivity index (χ2v) is 9.51. The fraction of sp³-hybridized carbons (Fsp3) is 0.286. The molecule has 1 aromatic carbocycles. The number of rotatable bonds is 3. The lowest BCUT2D eigenvalue weighted by Gasteiger charge is -2.28. The van der Waals surface area contributed by atoms with Crippen LogP contribution in [0.2, 0.25) is 0 Å². The summed E-state index contributed by atoms with van der Waals surface area (Å²) in [7, 11) is -2.15. The Labute approximate surface area is 179 Å². The van der Waals surface area contributed by atoms with Crippen LogP contribution in [0.4, 0.5) is 0 Å².